The van der Waals surface area contributed by atoms with Crippen LogP contribution in [0.3, 0.4) is 0 Å². The predicted molar refractivity (Wildman–Crippen MR) is 88.6 cm³/mol. The molecule has 2 aromatic rings. The lowest BCUT2D eigenvalue weighted by atomic mass is 10.1. The molecule has 0 aliphatic carbocycles. The number of rotatable bonds is 4. The van der Waals surface area contributed by atoms with Crippen LogP contribution in [0.2, 0.25) is 0 Å². The summed E-state index contributed by atoms with van der Waals surface area (Å²) in [6, 6.07) is 9.28. The van der Waals surface area contributed by atoms with Crippen LogP contribution in [-0.2, 0) is 11.5 Å². The summed E-state index contributed by atoms with van der Waals surface area (Å²) in [5, 5.41) is 0.767. The van der Waals surface area contributed by atoms with E-state index in [0.717, 1.165) is 33.6 Å². The first-order chi connectivity index (χ1) is 10.3. The van der Waals surface area contributed by atoms with Crippen LogP contribution in [0.4, 0.5) is 0 Å². The van der Waals surface area contributed by atoms with Gasteiger partial charge in [-0.3, -0.25) is 4.79 Å². The Morgan fingerprint density at radius 1 is 1.24 bits per heavy atom. The molecule has 0 unspecified atom stereocenters. The highest BCUT2D eigenvalue weighted by atomic mass is 32.2. The van der Waals surface area contributed by atoms with Crippen LogP contribution in [0.15, 0.2) is 41.6 Å². The highest BCUT2D eigenvalue weighted by Crippen LogP contribution is 2.32. The predicted octanol–water partition coefficient (Wildman–Crippen LogP) is 3.84. The molecule has 1 aromatic heterocycles. The summed E-state index contributed by atoms with van der Waals surface area (Å²) < 4.78 is 0. The lowest BCUT2D eigenvalue weighted by Gasteiger charge is -2.04. The zero-order chi connectivity index (χ0) is 14.7. The molecule has 0 atom stereocenters. The largest absolute Gasteiger partial charge is 0.289 e. The van der Waals surface area contributed by atoms with E-state index in [0.29, 0.717) is 5.56 Å². The molecule has 21 heavy (non-hydrogen) atoms. The van der Waals surface area contributed by atoms with Crippen molar-refractivity contribution in [2.75, 3.05) is 6.26 Å². The Balaban J connectivity index is 1.89. The highest BCUT2D eigenvalue weighted by molar-refractivity contribution is 7.98. The van der Waals surface area contributed by atoms with Gasteiger partial charge in [0.1, 0.15) is 0 Å². The number of benzene rings is 1. The number of hydrogen-bond acceptors (Lipinski definition) is 5. The summed E-state index contributed by atoms with van der Waals surface area (Å²) in [6.45, 7) is 0. The third-order valence-electron chi connectivity index (χ3n) is 3.22. The van der Waals surface area contributed by atoms with E-state index in [1.54, 1.807) is 6.08 Å². The van der Waals surface area contributed by atoms with Crippen LogP contribution >= 0.6 is 23.5 Å². The second-order valence-electron chi connectivity index (χ2n) is 4.58. The molecule has 0 saturated carbocycles. The summed E-state index contributed by atoms with van der Waals surface area (Å²) in [4.78, 5) is 21.2. The summed E-state index contributed by atoms with van der Waals surface area (Å²) in [6.07, 6.45) is 5.39. The fourth-order valence-electron chi connectivity index (χ4n) is 2.14. The minimum atomic E-state index is -0.000635. The molecule has 1 aromatic carbocycles. The normalized spacial score (nSPS) is 13.6. The van der Waals surface area contributed by atoms with Gasteiger partial charge in [-0.1, -0.05) is 42.1 Å². The number of ketones is 1. The second-order valence-corrected chi connectivity index (χ2v) is 6.34. The van der Waals surface area contributed by atoms with E-state index in [1.807, 2.05) is 54.4 Å². The Bertz CT molecular complexity index is 699. The van der Waals surface area contributed by atoms with Crippen molar-refractivity contribution in [1.82, 2.24) is 9.97 Å². The standard InChI is InChI=1S/C16H14N2OS2/c1-20-16-17-13(12-9-21-10-14(12)18-16)7-8-15(19)11-5-3-2-4-6-11/h2-8H,9-10H2,1H3/b8-7+. The number of aromatic nitrogens is 2. The molecule has 3 rings (SSSR count). The number of carbonyl (C=O) groups is 1. The second kappa shape index (κ2) is 6.45. The molecule has 2 heterocycles. The summed E-state index contributed by atoms with van der Waals surface area (Å²) in [5.41, 5.74) is 3.83. The van der Waals surface area contributed by atoms with E-state index >= 15 is 0 Å². The maximum Gasteiger partial charge on any atom is 0.188 e. The average Bonchev–Trinajstić information content (AvgIpc) is 3.01. The molecule has 0 bridgehead atoms. The fourth-order valence-corrected chi connectivity index (χ4v) is 3.58. The van der Waals surface area contributed by atoms with Crippen molar-refractivity contribution in [2.24, 2.45) is 0 Å². The van der Waals surface area contributed by atoms with Crippen molar-refractivity contribution in [3.05, 3.63) is 58.9 Å². The van der Waals surface area contributed by atoms with Gasteiger partial charge in [0.05, 0.1) is 11.4 Å². The van der Waals surface area contributed by atoms with E-state index < -0.39 is 0 Å². The zero-order valence-electron chi connectivity index (χ0n) is 11.6. The van der Waals surface area contributed by atoms with Crippen molar-refractivity contribution in [1.29, 1.82) is 0 Å². The Labute approximate surface area is 132 Å². The van der Waals surface area contributed by atoms with E-state index in [4.69, 9.17) is 0 Å². The Morgan fingerprint density at radius 2 is 2.05 bits per heavy atom. The van der Waals surface area contributed by atoms with E-state index in [2.05, 4.69) is 9.97 Å². The van der Waals surface area contributed by atoms with Crippen molar-refractivity contribution in [3.8, 4) is 0 Å². The van der Waals surface area contributed by atoms with Gasteiger partial charge in [0.25, 0.3) is 0 Å². The van der Waals surface area contributed by atoms with Crippen molar-refractivity contribution < 1.29 is 4.79 Å². The third kappa shape index (κ3) is 3.19. The van der Waals surface area contributed by atoms with Gasteiger partial charge in [-0.2, -0.15) is 11.8 Å². The summed E-state index contributed by atoms with van der Waals surface area (Å²) in [5.74, 6) is 1.85. The fraction of sp³-hybridized carbons (Fsp3) is 0.188. The van der Waals surface area contributed by atoms with Gasteiger partial charge < -0.3 is 0 Å². The number of carbonyl (C=O) groups excluding carboxylic acids is 1. The minimum absolute atomic E-state index is 0.000635. The van der Waals surface area contributed by atoms with Crippen LogP contribution in [0.25, 0.3) is 6.08 Å². The molecule has 0 radical (unpaired) electrons. The smallest absolute Gasteiger partial charge is 0.188 e. The van der Waals surface area contributed by atoms with Crippen LogP contribution in [0, 0.1) is 0 Å². The molecule has 3 nitrogen and oxygen atoms in total. The third-order valence-corrected chi connectivity index (χ3v) is 4.74. The van der Waals surface area contributed by atoms with Crippen molar-refractivity contribution in [3.63, 3.8) is 0 Å². The molecule has 1 aliphatic heterocycles. The molecule has 0 spiro atoms. The van der Waals surface area contributed by atoms with Gasteiger partial charge in [0.2, 0.25) is 0 Å². The van der Waals surface area contributed by atoms with Crippen LogP contribution in [0.1, 0.15) is 27.3 Å². The molecule has 0 N–H and O–H groups in total. The van der Waals surface area contributed by atoms with Crippen LogP contribution < -0.4 is 0 Å². The van der Waals surface area contributed by atoms with Crippen molar-refractivity contribution >= 4 is 35.4 Å². The SMILES string of the molecule is CSc1nc(/C=C/C(=O)c2ccccc2)c2c(n1)CSC2. The summed E-state index contributed by atoms with van der Waals surface area (Å²) in [7, 11) is 0. The number of allylic oxidation sites excluding steroid dienone is 1. The first kappa shape index (κ1) is 14.4. The van der Waals surface area contributed by atoms with Crippen LogP contribution in [0.5, 0.6) is 0 Å². The van der Waals surface area contributed by atoms with E-state index in [-0.39, 0.29) is 5.78 Å². The van der Waals surface area contributed by atoms with Gasteiger partial charge in [-0.15, -0.1) is 0 Å². The monoisotopic (exact) mass is 314 g/mol. The van der Waals surface area contributed by atoms with Crippen molar-refractivity contribution in [2.45, 2.75) is 16.7 Å². The van der Waals surface area contributed by atoms with Gasteiger partial charge in [0.15, 0.2) is 10.9 Å². The van der Waals surface area contributed by atoms with Gasteiger partial charge in [-0.05, 0) is 18.4 Å². The lowest BCUT2D eigenvalue weighted by molar-refractivity contribution is 0.104. The number of nitrogens with zero attached hydrogens (tertiary/aromatic N) is 2. The number of thioether (sulfide) groups is 2. The molecule has 106 valence electrons. The zero-order valence-corrected chi connectivity index (χ0v) is 13.2. The summed E-state index contributed by atoms with van der Waals surface area (Å²) >= 11 is 3.37. The maximum absolute atomic E-state index is 12.1. The molecule has 1 aliphatic rings. The van der Waals surface area contributed by atoms with Crippen LogP contribution in [-0.4, -0.2) is 22.0 Å². The first-order valence-corrected chi connectivity index (χ1v) is 8.95. The van der Waals surface area contributed by atoms with Gasteiger partial charge >= 0.3 is 0 Å². The lowest BCUT2D eigenvalue weighted by Crippen LogP contribution is -2.00. The molecule has 0 fully saturated rings. The van der Waals surface area contributed by atoms with Gasteiger partial charge in [-0.25, -0.2) is 9.97 Å². The van der Waals surface area contributed by atoms with E-state index in [1.165, 1.54) is 11.8 Å². The maximum atomic E-state index is 12.1. The quantitative estimate of drug-likeness (QED) is 0.371. The Morgan fingerprint density at radius 3 is 2.81 bits per heavy atom. The van der Waals surface area contributed by atoms with Gasteiger partial charge in [0, 0.05) is 22.6 Å². The molecular formula is C16H14N2OS2. The van der Waals surface area contributed by atoms with E-state index in [9.17, 15) is 4.79 Å². The minimum Gasteiger partial charge on any atom is -0.289 e. The Hall–Kier alpha value is -1.59. The Kier molecular flexibility index (Phi) is 4.41. The first-order valence-electron chi connectivity index (χ1n) is 6.57. The topological polar surface area (TPSA) is 42.9 Å². The molecule has 0 saturated heterocycles. The average molecular weight is 314 g/mol. The molecule has 0 amide bonds. The highest BCUT2D eigenvalue weighted by Gasteiger charge is 2.18. The molecular weight excluding hydrogens is 300 g/mol. The number of fused-ring (bicyclic) bond motifs is 1. The molecule has 5 heteroatoms. The number of hydrogen-bond donors (Lipinski definition) is 0.